The van der Waals surface area contributed by atoms with E-state index in [0.717, 1.165) is 19.3 Å². The topological polar surface area (TPSA) is 114 Å². The van der Waals surface area contributed by atoms with E-state index in [1.165, 1.54) is 18.3 Å². The van der Waals surface area contributed by atoms with Gasteiger partial charge in [0.1, 0.15) is 18.0 Å². The van der Waals surface area contributed by atoms with E-state index >= 15 is 4.39 Å². The van der Waals surface area contributed by atoms with Crippen LogP contribution in [0.2, 0.25) is 0 Å². The first-order valence-corrected chi connectivity index (χ1v) is 10.3. The summed E-state index contributed by atoms with van der Waals surface area (Å²) in [7, 11) is -4.25. The van der Waals surface area contributed by atoms with Crippen LogP contribution in [0.15, 0.2) is 24.5 Å². The third-order valence-corrected chi connectivity index (χ3v) is 6.25. The molecule has 1 unspecified atom stereocenters. The molecule has 2 saturated heterocycles. The predicted molar refractivity (Wildman–Crippen MR) is 97.4 cm³/mol. The lowest BCUT2D eigenvalue weighted by Gasteiger charge is -2.18. The number of aromatic hydroxyl groups is 1. The number of aromatic nitrogens is 2. The number of phenols is 1. The van der Waals surface area contributed by atoms with Gasteiger partial charge in [-0.05, 0) is 31.4 Å². The van der Waals surface area contributed by atoms with E-state index in [2.05, 4.69) is 5.10 Å². The number of rotatable bonds is 3. The third-order valence-electron chi connectivity index (χ3n) is 4.87. The monoisotopic (exact) mass is 410 g/mol. The van der Waals surface area contributed by atoms with Gasteiger partial charge in [-0.25, -0.2) is 13.4 Å². The molecule has 0 radical (unpaired) electrons. The Labute approximate surface area is 160 Å². The summed E-state index contributed by atoms with van der Waals surface area (Å²) in [5.74, 6) is -2.31. The molecule has 2 fully saturated rings. The Morgan fingerprint density at radius 1 is 1.29 bits per heavy atom. The predicted octanol–water partition coefficient (Wildman–Crippen LogP) is 1.32. The number of hydrogen-bond acceptors (Lipinski definition) is 6. The summed E-state index contributed by atoms with van der Waals surface area (Å²) in [6.07, 6.45) is 5.78. The van der Waals surface area contributed by atoms with Crippen molar-refractivity contribution in [2.45, 2.75) is 25.3 Å². The first-order chi connectivity index (χ1) is 13.4. The van der Waals surface area contributed by atoms with E-state index in [0.29, 0.717) is 23.1 Å². The van der Waals surface area contributed by atoms with E-state index < -0.39 is 39.9 Å². The van der Waals surface area contributed by atoms with Crippen molar-refractivity contribution < 1.29 is 27.4 Å². The largest absolute Gasteiger partial charge is 0.506 e. The van der Waals surface area contributed by atoms with Crippen LogP contribution in [0.5, 0.6) is 5.75 Å². The van der Waals surface area contributed by atoms with E-state index in [-0.39, 0.29) is 11.6 Å². The van der Waals surface area contributed by atoms with Crippen LogP contribution in [-0.4, -0.2) is 49.0 Å². The standard InChI is InChI=1S/C17H19FN4O5S/c18-16-13(11-8-19-21(9-11)12-2-1-6-27-7-5-12)3-4-14(23)17(16)22-10-15(24)20-28(22,25)26/h3-4,8-9,12,23H,1-2,5-7,10H2,(H,20,24). The molecule has 4 rings (SSSR count). The number of amides is 1. The van der Waals surface area contributed by atoms with Crippen molar-refractivity contribution in [2.24, 2.45) is 0 Å². The highest BCUT2D eigenvalue weighted by atomic mass is 32.2. The van der Waals surface area contributed by atoms with Crippen LogP contribution in [0.1, 0.15) is 25.3 Å². The van der Waals surface area contributed by atoms with Gasteiger partial charge in [-0.3, -0.25) is 9.48 Å². The molecule has 0 aliphatic carbocycles. The Morgan fingerprint density at radius 2 is 2.11 bits per heavy atom. The molecular formula is C17H19FN4O5S. The summed E-state index contributed by atoms with van der Waals surface area (Å²) >= 11 is 0. The van der Waals surface area contributed by atoms with Gasteiger partial charge in [-0.2, -0.15) is 13.5 Å². The number of phenolic OH excluding ortho intramolecular Hbond substituents is 1. The van der Waals surface area contributed by atoms with Gasteiger partial charge in [0, 0.05) is 30.5 Å². The average molecular weight is 410 g/mol. The van der Waals surface area contributed by atoms with Crippen molar-refractivity contribution in [3.8, 4) is 16.9 Å². The Balaban J connectivity index is 1.71. The zero-order chi connectivity index (χ0) is 19.9. The number of nitrogens with zero attached hydrogens (tertiary/aromatic N) is 3. The van der Waals surface area contributed by atoms with Crippen LogP contribution < -0.4 is 9.03 Å². The van der Waals surface area contributed by atoms with Crippen molar-refractivity contribution in [3.05, 3.63) is 30.3 Å². The zero-order valence-corrected chi connectivity index (χ0v) is 15.7. The first-order valence-electron chi connectivity index (χ1n) is 8.84. The molecule has 1 aromatic carbocycles. The quantitative estimate of drug-likeness (QED) is 0.789. The molecule has 1 amide bonds. The molecule has 150 valence electrons. The van der Waals surface area contributed by atoms with Crippen LogP contribution in [0, 0.1) is 5.82 Å². The molecule has 11 heteroatoms. The van der Waals surface area contributed by atoms with Crippen molar-refractivity contribution in [1.29, 1.82) is 0 Å². The van der Waals surface area contributed by atoms with E-state index in [1.54, 1.807) is 15.6 Å². The number of halogens is 1. The van der Waals surface area contributed by atoms with Crippen LogP contribution in [-0.2, 0) is 19.7 Å². The third kappa shape index (κ3) is 3.31. The Hall–Kier alpha value is -2.66. The van der Waals surface area contributed by atoms with Crippen LogP contribution >= 0.6 is 0 Å². The molecule has 1 atom stereocenters. The minimum absolute atomic E-state index is 0.0819. The lowest BCUT2D eigenvalue weighted by Crippen LogP contribution is -2.30. The van der Waals surface area contributed by atoms with Crippen LogP contribution in [0.25, 0.3) is 11.1 Å². The second-order valence-corrected chi connectivity index (χ2v) is 8.33. The summed E-state index contributed by atoms with van der Waals surface area (Å²) in [5, 5.41) is 14.4. The number of ether oxygens (including phenoxy) is 1. The SMILES string of the molecule is O=C1CN(c2c(O)ccc(-c3cnn(C4CCCOCC4)c3)c2F)S(=O)(=O)N1. The average Bonchev–Trinajstić information content (AvgIpc) is 3.09. The minimum Gasteiger partial charge on any atom is -0.506 e. The highest BCUT2D eigenvalue weighted by Crippen LogP contribution is 2.39. The van der Waals surface area contributed by atoms with Gasteiger partial charge in [0.05, 0.1) is 12.2 Å². The number of carbonyl (C=O) groups is 1. The normalized spacial score (nSPS) is 22.1. The van der Waals surface area contributed by atoms with Crippen LogP contribution in [0.3, 0.4) is 0 Å². The molecule has 1 aromatic heterocycles. The van der Waals surface area contributed by atoms with Gasteiger partial charge in [-0.1, -0.05) is 0 Å². The lowest BCUT2D eigenvalue weighted by molar-refractivity contribution is -0.117. The molecule has 28 heavy (non-hydrogen) atoms. The number of benzene rings is 1. The van der Waals surface area contributed by atoms with Crippen molar-refractivity contribution in [1.82, 2.24) is 14.5 Å². The van der Waals surface area contributed by atoms with Gasteiger partial charge in [0.25, 0.3) is 5.91 Å². The molecule has 0 saturated carbocycles. The Kier molecular flexibility index (Phi) is 4.71. The molecule has 0 spiro atoms. The van der Waals surface area contributed by atoms with Crippen molar-refractivity contribution >= 4 is 21.8 Å². The fraction of sp³-hybridized carbons (Fsp3) is 0.412. The molecule has 2 aliphatic heterocycles. The molecule has 2 aliphatic rings. The molecular weight excluding hydrogens is 391 g/mol. The fourth-order valence-electron chi connectivity index (χ4n) is 3.49. The fourth-order valence-corrected chi connectivity index (χ4v) is 4.65. The number of carbonyl (C=O) groups excluding carboxylic acids is 1. The van der Waals surface area contributed by atoms with Gasteiger partial charge >= 0.3 is 10.2 Å². The summed E-state index contributed by atoms with van der Waals surface area (Å²) in [6.45, 7) is 0.737. The lowest BCUT2D eigenvalue weighted by atomic mass is 10.1. The summed E-state index contributed by atoms with van der Waals surface area (Å²) in [5.41, 5.74) is -0.0373. The van der Waals surface area contributed by atoms with E-state index in [1.807, 2.05) is 0 Å². The van der Waals surface area contributed by atoms with Gasteiger partial charge in [-0.15, -0.1) is 0 Å². The highest BCUT2D eigenvalue weighted by Gasteiger charge is 2.38. The van der Waals surface area contributed by atoms with E-state index in [4.69, 9.17) is 4.74 Å². The van der Waals surface area contributed by atoms with Gasteiger partial charge in [0.2, 0.25) is 0 Å². The Bertz CT molecular complexity index is 1010. The first kappa shape index (κ1) is 18.7. The van der Waals surface area contributed by atoms with Gasteiger partial charge < -0.3 is 9.84 Å². The maximum absolute atomic E-state index is 15.2. The number of anilines is 1. The second-order valence-electron chi connectivity index (χ2n) is 6.74. The maximum Gasteiger partial charge on any atom is 0.326 e. The summed E-state index contributed by atoms with van der Waals surface area (Å²) in [6, 6.07) is 2.68. The molecule has 9 nitrogen and oxygen atoms in total. The zero-order valence-electron chi connectivity index (χ0n) is 14.8. The van der Waals surface area contributed by atoms with E-state index in [9.17, 15) is 18.3 Å². The number of nitrogens with one attached hydrogen (secondary N) is 1. The molecule has 3 heterocycles. The van der Waals surface area contributed by atoms with Gasteiger partial charge in [0.15, 0.2) is 5.82 Å². The highest BCUT2D eigenvalue weighted by molar-refractivity contribution is 7.92. The second kappa shape index (κ2) is 7.06. The van der Waals surface area contributed by atoms with Crippen molar-refractivity contribution in [2.75, 3.05) is 24.1 Å². The maximum atomic E-state index is 15.2. The number of hydrogen-bond donors (Lipinski definition) is 2. The Morgan fingerprint density at radius 3 is 2.86 bits per heavy atom. The molecule has 0 bridgehead atoms. The smallest absolute Gasteiger partial charge is 0.326 e. The van der Waals surface area contributed by atoms with Crippen LogP contribution in [0.4, 0.5) is 10.1 Å². The van der Waals surface area contributed by atoms with Crippen molar-refractivity contribution in [3.63, 3.8) is 0 Å². The molecule has 2 N–H and O–H groups in total. The minimum atomic E-state index is -4.25. The molecule has 2 aromatic rings. The summed E-state index contributed by atoms with van der Waals surface area (Å²) < 4.78 is 48.8. The summed E-state index contributed by atoms with van der Waals surface area (Å²) in [4.78, 5) is 11.5.